The molecule has 2 aromatic carbocycles. The van der Waals surface area contributed by atoms with Crippen molar-refractivity contribution >= 4 is 34.6 Å². The van der Waals surface area contributed by atoms with Crippen LogP contribution in [0.4, 0.5) is 0 Å². The average Bonchev–Trinajstić information content (AvgIpc) is 2.42. The van der Waals surface area contributed by atoms with E-state index < -0.39 is 0 Å². The first kappa shape index (κ1) is 12.5. The fraction of sp³-hybridized carbons (Fsp3) is 0.0625. The maximum atomic E-state index is 12.1. The number of carbonyl (C=O) groups excluding carboxylic acids is 1. The van der Waals surface area contributed by atoms with Crippen molar-refractivity contribution in [3.63, 3.8) is 0 Å². The van der Waals surface area contributed by atoms with Gasteiger partial charge in [0, 0.05) is 5.56 Å². The van der Waals surface area contributed by atoms with Crippen LogP contribution in [0.15, 0.2) is 48.5 Å². The van der Waals surface area contributed by atoms with E-state index in [9.17, 15) is 4.79 Å². The molecule has 0 fully saturated rings. The summed E-state index contributed by atoms with van der Waals surface area (Å²) in [4.78, 5) is 12.1. The molecule has 2 aromatic rings. The van der Waals surface area contributed by atoms with Gasteiger partial charge in [-0.1, -0.05) is 59.6 Å². The van der Waals surface area contributed by atoms with Gasteiger partial charge >= 0.3 is 0 Å². The van der Waals surface area contributed by atoms with Gasteiger partial charge in [-0.2, -0.15) is 0 Å². The number of benzene rings is 2. The van der Waals surface area contributed by atoms with Gasteiger partial charge in [-0.15, -0.1) is 0 Å². The van der Waals surface area contributed by atoms with E-state index in [-0.39, 0.29) is 5.78 Å². The maximum absolute atomic E-state index is 12.1. The second kappa shape index (κ2) is 4.84. The molecule has 1 nitrogen and oxygen atoms in total. The van der Waals surface area contributed by atoms with Crippen LogP contribution < -0.4 is 0 Å². The maximum Gasteiger partial charge on any atom is 0.186 e. The number of hydrogen-bond donors (Lipinski definition) is 0. The minimum atomic E-state index is 0.0212. The molecule has 0 radical (unpaired) electrons. The summed E-state index contributed by atoms with van der Waals surface area (Å²) in [7, 11) is 0. The number of hydrogen-bond acceptors (Lipinski definition) is 1. The van der Waals surface area contributed by atoms with Crippen LogP contribution in [0, 0.1) is 0 Å². The van der Waals surface area contributed by atoms with E-state index in [1.165, 1.54) is 0 Å². The number of ketones is 1. The highest BCUT2D eigenvalue weighted by Gasteiger charge is 2.19. The van der Waals surface area contributed by atoms with Gasteiger partial charge in [-0.25, -0.2) is 0 Å². The quantitative estimate of drug-likeness (QED) is 0.736. The fourth-order valence-electron chi connectivity index (χ4n) is 2.33. The molecular formula is C16H10Cl2O. The SMILES string of the molecule is O=C1C=C(c2cccc(Cl)c2Cl)Cc2ccccc21. The van der Waals surface area contributed by atoms with Crippen LogP contribution in [0.1, 0.15) is 21.5 Å². The van der Waals surface area contributed by atoms with Gasteiger partial charge in [-0.05, 0) is 35.3 Å². The zero-order valence-corrected chi connectivity index (χ0v) is 11.5. The first-order chi connectivity index (χ1) is 9.16. The smallest absolute Gasteiger partial charge is 0.186 e. The molecule has 0 saturated carbocycles. The van der Waals surface area contributed by atoms with E-state index in [0.717, 1.165) is 22.3 Å². The van der Waals surface area contributed by atoms with Crippen molar-refractivity contribution in [3.8, 4) is 0 Å². The second-order valence-electron chi connectivity index (χ2n) is 4.47. The number of allylic oxidation sites excluding steroid dienone is 2. The van der Waals surface area contributed by atoms with Gasteiger partial charge < -0.3 is 0 Å². The lowest BCUT2D eigenvalue weighted by Gasteiger charge is -2.17. The third-order valence-electron chi connectivity index (χ3n) is 3.27. The Morgan fingerprint density at radius 1 is 0.895 bits per heavy atom. The number of rotatable bonds is 1. The summed E-state index contributed by atoms with van der Waals surface area (Å²) in [5.74, 6) is 0.0212. The van der Waals surface area contributed by atoms with Gasteiger partial charge in [0.15, 0.2) is 5.78 Å². The van der Waals surface area contributed by atoms with Gasteiger partial charge in [0.25, 0.3) is 0 Å². The molecule has 1 aliphatic carbocycles. The Morgan fingerprint density at radius 2 is 1.63 bits per heavy atom. The zero-order valence-electron chi connectivity index (χ0n) is 9.99. The normalized spacial score (nSPS) is 14.0. The Labute approximate surface area is 121 Å². The standard InChI is InChI=1S/C16H10Cl2O/c17-14-7-3-6-13(16(14)18)11-8-10-4-1-2-5-12(10)15(19)9-11/h1-7,9H,8H2. The van der Waals surface area contributed by atoms with Crippen LogP contribution in [-0.4, -0.2) is 5.78 Å². The average molecular weight is 289 g/mol. The number of halogens is 2. The Kier molecular flexibility index (Phi) is 3.17. The minimum absolute atomic E-state index is 0.0212. The second-order valence-corrected chi connectivity index (χ2v) is 5.25. The largest absolute Gasteiger partial charge is 0.289 e. The lowest BCUT2D eigenvalue weighted by atomic mass is 9.87. The molecule has 0 amide bonds. The van der Waals surface area contributed by atoms with Crippen molar-refractivity contribution in [2.45, 2.75) is 6.42 Å². The van der Waals surface area contributed by atoms with Crippen LogP contribution in [0.2, 0.25) is 10.0 Å². The summed E-state index contributed by atoms with van der Waals surface area (Å²) in [6.07, 6.45) is 2.35. The highest BCUT2D eigenvalue weighted by Crippen LogP contribution is 2.34. The van der Waals surface area contributed by atoms with Crippen LogP contribution >= 0.6 is 23.2 Å². The summed E-state index contributed by atoms with van der Waals surface area (Å²) < 4.78 is 0. The predicted molar refractivity (Wildman–Crippen MR) is 78.9 cm³/mol. The Bertz CT molecular complexity index is 702. The van der Waals surface area contributed by atoms with Gasteiger partial charge in [0.1, 0.15) is 0 Å². The fourth-order valence-corrected chi connectivity index (χ4v) is 2.75. The molecule has 0 aliphatic heterocycles. The van der Waals surface area contributed by atoms with Crippen LogP contribution in [-0.2, 0) is 6.42 Å². The molecular weight excluding hydrogens is 279 g/mol. The van der Waals surface area contributed by atoms with E-state index in [1.54, 1.807) is 12.1 Å². The van der Waals surface area contributed by atoms with Crippen molar-refractivity contribution in [3.05, 3.63) is 75.3 Å². The van der Waals surface area contributed by atoms with Crippen molar-refractivity contribution in [2.75, 3.05) is 0 Å². The third kappa shape index (κ3) is 2.20. The van der Waals surface area contributed by atoms with E-state index in [1.807, 2.05) is 36.4 Å². The molecule has 0 N–H and O–H groups in total. The molecule has 94 valence electrons. The molecule has 1 aliphatic rings. The monoisotopic (exact) mass is 288 g/mol. The summed E-state index contributed by atoms with van der Waals surface area (Å²) in [6.45, 7) is 0. The highest BCUT2D eigenvalue weighted by molar-refractivity contribution is 6.43. The van der Waals surface area contributed by atoms with E-state index in [0.29, 0.717) is 16.5 Å². The molecule has 3 heteroatoms. The van der Waals surface area contributed by atoms with E-state index >= 15 is 0 Å². The van der Waals surface area contributed by atoms with Crippen LogP contribution in [0.3, 0.4) is 0 Å². The van der Waals surface area contributed by atoms with Crippen molar-refractivity contribution < 1.29 is 4.79 Å². The zero-order chi connectivity index (χ0) is 13.4. The summed E-state index contributed by atoms with van der Waals surface area (Å²) in [6, 6.07) is 13.1. The van der Waals surface area contributed by atoms with Crippen LogP contribution in [0.25, 0.3) is 5.57 Å². The molecule has 0 spiro atoms. The van der Waals surface area contributed by atoms with Crippen molar-refractivity contribution in [1.29, 1.82) is 0 Å². The molecule has 0 atom stereocenters. The molecule has 0 bridgehead atoms. The van der Waals surface area contributed by atoms with Crippen molar-refractivity contribution in [1.82, 2.24) is 0 Å². The summed E-state index contributed by atoms with van der Waals surface area (Å²) >= 11 is 12.2. The first-order valence-corrected chi connectivity index (χ1v) is 6.69. The van der Waals surface area contributed by atoms with Gasteiger partial charge in [-0.3, -0.25) is 4.79 Å². The van der Waals surface area contributed by atoms with E-state index in [4.69, 9.17) is 23.2 Å². The minimum Gasteiger partial charge on any atom is -0.289 e. The molecule has 3 rings (SSSR count). The first-order valence-electron chi connectivity index (χ1n) is 5.94. The lowest BCUT2D eigenvalue weighted by Crippen LogP contribution is -2.09. The summed E-state index contributed by atoms with van der Waals surface area (Å²) in [5.41, 5.74) is 3.54. The molecule has 0 saturated heterocycles. The number of fused-ring (bicyclic) bond motifs is 1. The molecule has 0 aromatic heterocycles. The summed E-state index contributed by atoms with van der Waals surface area (Å²) in [5, 5.41) is 1.01. The Balaban J connectivity index is 2.10. The molecule has 0 heterocycles. The van der Waals surface area contributed by atoms with Gasteiger partial charge in [0.2, 0.25) is 0 Å². The Morgan fingerprint density at radius 3 is 2.47 bits per heavy atom. The van der Waals surface area contributed by atoms with E-state index in [2.05, 4.69) is 0 Å². The number of carbonyl (C=O) groups is 1. The molecule has 19 heavy (non-hydrogen) atoms. The van der Waals surface area contributed by atoms with Gasteiger partial charge in [0.05, 0.1) is 10.0 Å². The topological polar surface area (TPSA) is 17.1 Å². The predicted octanol–water partition coefficient (Wildman–Crippen LogP) is 4.82. The Hall–Kier alpha value is -1.57. The lowest BCUT2D eigenvalue weighted by molar-refractivity contribution is 0.104. The van der Waals surface area contributed by atoms with Crippen LogP contribution in [0.5, 0.6) is 0 Å². The highest BCUT2D eigenvalue weighted by atomic mass is 35.5. The van der Waals surface area contributed by atoms with Crippen molar-refractivity contribution in [2.24, 2.45) is 0 Å². The third-order valence-corrected chi connectivity index (χ3v) is 4.09. The molecule has 0 unspecified atom stereocenters.